The molecular weight excluding hydrogens is 338 g/mol. The number of hydrogen-bond acceptors (Lipinski definition) is 4. The number of nitrogens with one attached hydrogen (secondary N) is 2. The molecule has 0 aliphatic carbocycles. The van der Waals surface area contributed by atoms with Gasteiger partial charge in [0.05, 0.1) is 12.2 Å². The van der Waals surface area contributed by atoms with Gasteiger partial charge in [0.1, 0.15) is 5.75 Å². The molecule has 2 aromatic rings. The average Bonchev–Trinajstić information content (AvgIpc) is 3.02. The monoisotopic (exact) mass is 365 g/mol. The number of para-hydroxylation sites is 1. The molecule has 2 aromatic carbocycles. The van der Waals surface area contributed by atoms with Gasteiger partial charge in [-0.3, -0.25) is 4.79 Å². The molecular formula is C22H27N3O2. The SMILES string of the molecule is CCN(CC)CCCOc1ccc(N/C=C2/C(=O)Nc3ccccc32)cc1. The van der Waals surface area contributed by atoms with Crippen LogP contribution < -0.4 is 15.4 Å². The molecule has 5 nitrogen and oxygen atoms in total. The molecule has 0 fully saturated rings. The molecule has 3 rings (SSSR count). The number of amides is 1. The maximum Gasteiger partial charge on any atom is 0.257 e. The van der Waals surface area contributed by atoms with Crippen LogP contribution in [0.5, 0.6) is 5.75 Å². The van der Waals surface area contributed by atoms with Gasteiger partial charge in [-0.25, -0.2) is 0 Å². The van der Waals surface area contributed by atoms with Crippen molar-refractivity contribution in [3.05, 3.63) is 60.3 Å². The molecule has 0 radical (unpaired) electrons. The van der Waals surface area contributed by atoms with E-state index in [1.807, 2.05) is 48.5 Å². The standard InChI is InChI=1S/C22H27N3O2/c1-3-25(4-2)14-7-15-27-18-12-10-17(11-13-18)23-16-20-19-8-5-6-9-21(19)24-22(20)26/h5-6,8-13,16,23H,3-4,7,14-15H2,1-2H3,(H,24,26)/b20-16+. The highest BCUT2D eigenvalue weighted by molar-refractivity contribution is 6.31. The maximum atomic E-state index is 12.1. The smallest absolute Gasteiger partial charge is 0.257 e. The van der Waals surface area contributed by atoms with Gasteiger partial charge < -0.3 is 20.3 Å². The summed E-state index contributed by atoms with van der Waals surface area (Å²) in [4.78, 5) is 14.5. The van der Waals surface area contributed by atoms with Crippen LogP contribution >= 0.6 is 0 Å². The Hall–Kier alpha value is -2.79. The third-order valence-electron chi connectivity index (χ3n) is 4.73. The number of ether oxygens (including phenoxy) is 1. The van der Waals surface area contributed by atoms with Crippen molar-refractivity contribution in [1.29, 1.82) is 0 Å². The van der Waals surface area contributed by atoms with E-state index in [0.717, 1.165) is 48.7 Å². The summed E-state index contributed by atoms with van der Waals surface area (Å²) in [5.41, 5.74) is 3.32. The first-order valence-electron chi connectivity index (χ1n) is 9.54. The second kappa shape index (κ2) is 9.24. The van der Waals surface area contributed by atoms with Crippen molar-refractivity contribution < 1.29 is 9.53 Å². The molecule has 0 saturated carbocycles. The number of rotatable bonds is 9. The predicted molar refractivity (Wildman–Crippen MR) is 111 cm³/mol. The Kier molecular flexibility index (Phi) is 6.49. The second-order valence-electron chi connectivity index (χ2n) is 6.46. The summed E-state index contributed by atoms with van der Waals surface area (Å²) >= 11 is 0. The lowest BCUT2D eigenvalue weighted by Crippen LogP contribution is -2.25. The number of hydrogen-bond donors (Lipinski definition) is 2. The third kappa shape index (κ3) is 4.89. The van der Waals surface area contributed by atoms with E-state index in [1.165, 1.54) is 0 Å². The minimum atomic E-state index is -0.0862. The van der Waals surface area contributed by atoms with Gasteiger partial charge in [-0.15, -0.1) is 0 Å². The fourth-order valence-corrected chi connectivity index (χ4v) is 3.10. The van der Waals surface area contributed by atoms with E-state index in [9.17, 15) is 4.79 Å². The number of carbonyl (C=O) groups excluding carboxylic acids is 1. The van der Waals surface area contributed by atoms with Crippen molar-refractivity contribution in [3.63, 3.8) is 0 Å². The summed E-state index contributed by atoms with van der Waals surface area (Å²) in [7, 11) is 0. The second-order valence-corrected chi connectivity index (χ2v) is 6.46. The highest BCUT2D eigenvalue weighted by atomic mass is 16.5. The predicted octanol–water partition coefficient (Wildman–Crippen LogP) is 4.20. The first-order chi connectivity index (χ1) is 13.2. The van der Waals surface area contributed by atoms with Gasteiger partial charge in [-0.2, -0.15) is 0 Å². The van der Waals surface area contributed by atoms with Gasteiger partial charge in [0.25, 0.3) is 5.91 Å². The molecule has 1 aliphatic heterocycles. The van der Waals surface area contributed by atoms with Crippen molar-refractivity contribution in [3.8, 4) is 5.75 Å². The number of anilines is 2. The van der Waals surface area contributed by atoms with Crippen LogP contribution in [0.3, 0.4) is 0 Å². The molecule has 0 atom stereocenters. The largest absolute Gasteiger partial charge is 0.494 e. The highest BCUT2D eigenvalue weighted by Crippen LogP contribution is 2.31. The number of carbonyl (C=O) groups is 1. The number of fused-ring (bicyclic) bond motifs is 1. The van der Waals surface area contributed by atoms with E-state index in [1.54, 1.807) is 6.20 Å². The van der Waals surface area contributed by atoms with Crippen molar-refractivity contribution in [2.45, 2.75) is 20.3 Å². The summed E-state index contributed by atoms with van der Waals surface area (Å²) in [6.45, 7) is 8.29. The highest BCUT2D eigenvalue weighted by Gasteiger charge is 2.23. The molecule has 0 unspecified atom stereocenters. The third-order valence-corrected chi connectivity index (χ3v) is 4.73. The van der Waals surface area contributed by atoms with Crippen molar-refractivity contribution in [1.82, 2.24) is 4.90 Å². The van der Waals surface area contributed by atoms with Crippen LogP contribution in [0.4, 0.5) is 11.4 Å². The molecule has 142 valence electrons. The van der Waals surface area contributed by atoms with E-state index >= 15 is 0 Å². The van der Waals surface area contributed by atoms with Gasteiger partial charge in [0, 0.05) is 29.7 Å². The van der Waals surface area contributed by atoms with Crippen molar-refractivity contribution >= 4 is 22.9 Å². The summed E-state index contributed by atoms with van der Waals surface area (Å²) in [5, 5.41) is 6.06. The van der Waals surface area contributed by atoms with Crippen LogP contribution in [0.2, 0.25) is 0 Å². The molecule has 2 N–H and O–H groups in total. The van der Waals surface area contributed by atoms with E-state index in [0.29, 0.717) is 12.2 Å². The Morgan fingerprint density at radius 2 is 1.81 bits per heavy atom. The lowest BCUT2D eigenvalue weighted by atomic mass is 10.1. The van der Waals surface area contributed by atoms with Crippen LogP contribution in [0.15, 0.2) is 54.7 Å². The molecule has 0 spiro atoms. The Bertz CT molecular complexity index is 795. The van der Waals surface area contributed by atoms with Crippen LogP contribution in [0.25, 0.3) is 5.57 Å². The normalized spacial score (nSPS) is 14.3. The van der Waals surface area contributed by atoms with E-state index < -0.39 is 0 Å². The van der Waals surface area contributed by atoms with Gasteiger partial charge in [0.15, 0.2) is 0 Å². The van der Waals surface area contributed by atoms with Gasteiger partial charge in [-0.1, -0.05) is 32.0 Å². The quantitative estimate of drug-likeness (QED) is 0.516. The van der Waals surface area contributed by atoms with Crippen LogP contribution in [0.1, 0.15) is 25.8 Å². The lowest BCUT2D eigenvalue weighted by molar-refractivity contribution is -0.110. The minimum absolute atomic E-state index is 0.0862. The van der Waals surface area contributed by atoms with Crippen LogP contribution in [-0.2, 0) is 4.79 Å². The van der Waals surface area contributed by atoms with Crippen molar-refractivity contribution in [2.75, 3.05) is 36.9 Å². The van der Waals surface area contributed by atoms with E-state index in [-0.39, 0.29) is 5.91 Å². The van der Waals surface area contributed by atoms with Gasteiger partial charge in [0.2, 0.25) is 0 Å². The summed E-state index contributed by atoms with van der Waals surface area (Å²) < 4.78 is 5.81. The molecule has 0 aromatic heterocycles. The van der Waals surface area contributed by atoms with Gasteiger partial charge >= 0.3 is 0 Å². The number of benzene rings is 2. The molecule has 27 heavy (non-hydrogen) atoms. The van der Waals surface area contributed by atoms with Crippen LogP contribution in [-0.4, -0.2) is 37.0 Å². The summed E-state index contributed by atoms with van der Waals surface area (Å²) in [5.74, 6) is 0.772. The molecule has 0 bridgehead atoms. The average molecular weight is 365 g/mol. The molecule has 5 heteroatoms. The zero-order valence-electron chi connectivity index (χ0n) is 16.0. The number of nitrogens with zero attached hydrogens (tertiary/aromatic N) is 1. The van der Waals surface area contributed by atoms with Crippen molar-refractivity contribution in [2.24, 2.45) is 0 Å². The molecule has 1 amide bonds. The Morgan fingerprint density at radius 3 is 2.56 bits per heavy atom. The van der Waals surface area contributed by atoms with E-state index in [4.69, 9.17) is 4.74 Å². The fraction of sp³-hybridized carbons (Fsp3) is 0.318. The maximum absolute atomic E-state index is 12.1. The zero-order valence-corrected chi connectivity index (χ0v) is 16.0. The molecule has 0 saturated heterocycles. The van der Waals surface area contributed by atoms with Gasteiger partial charge in [-0.05, 0) is 49.8 Å². The topological polar surface area (TPSA) is 53.6 Å². The first-order valence-corrected chi connectivity index (χ1v) is 9.54. The fourth-order valence-electron chi connectivity index (χ4n) is 3.10. The Balaban J connectivity index is 1.52. The summed E-state index contributed by atoms with van der Waals surface area (Å²) in [6, 6.07) is 15.5. The Labute approximate surface area is 161 Å². The molecule has 1 aliphatic rings. The van der Waals surface area contributed by atoms with E-state index in [2.05, 4.69) is 29.4 Å². The zero-order chi connectivity index (χ0) is 19.1. The lowest BCUT2D eigenvalue weighted by Gasteiger charge is -2.17. The Morgan fingerprint density at radius 1 is 1.07 bits per heavy atom. The first kappa shape index (κ1) is 19.0. The molecule has 1 heterocycles. The minimum Gasteiger partial charge on any atom is -0.494 e. The summed E-state index contributed by atoms with van der Waals surface area (Å²) in [6.07, 6.45) is 2.77. The van der Waals surface area contributed by atoms with Crippen LogP contribution in [0, 0.1) is 0 Å².